The van der Waals surface area contributed by atoms with Gasteiger partial charge in [0.05, 0.1) is 4.75 Å². The lowest BCUT2D eigenvalue weighted by Crippen LogP contribution is -2.52. The Morgan fingerprint density at radius 1 is 1.03 bits per heavy atom. The smallest absolute Gasteiger partial charge is 0.192 e. The van der Waals surface area contributed by atoms with E-state index in [1.807, 2.05) is 20.8 Å². The largest absolute Gasteiger partial charge is 0.414 e. The minimum absolute atomic E-state index is 0.271. The lowest BCUT2D eigenvalue weighted by atomic mass is 9.47. The van der Waals surface area contributed by atoms with Crippen LogP contribution in [0, 0.1) is 34.5 Å². The minimum Gasteiger partial charge on any atom is -0.414 e. The van der Waals surface area contributed by atoms with Crippen molar-refractivity contribution in [2.75, 3.05) is 0 Å². The number of hydrogen-bond donors (Lipinski definition) is 0. The highest BCUT2D eigenvalue weighted by molar-refractivity contribution is 7.85. The summed E-state index contributed by atoms with van der Waals surface area (Å²) in [5, 5.41) is 0.271. The van der Waals surface area contributed by atoms with Gasteiger partial charge in [0.25, 0.3) is 0 Å². The Hall–Kier alpha value is -0.263. The molecule has 4 rings (SSSR count). The average molecular weight is 534 g/mol. The first-order valence-corrected chi connectivity index (χ1v) is 18.8. The molecule has 0 aromatic rings. The molecule has 0 amide bonds. The van der Waals surface area contributed by atoms with Crippen molar-refractivity contribution in [3.63, 3.8) is 0 Å². The molecule has 206 valence electrons. The molecule has 0 spiro atoms. The van der Waals surface area contributed by atoms with Gasteiger partial charge in [-0.15, -0.1) is 0 Å². The van der Waals surface area contributed by atoms with Crippen LogP contribution in [-0.4, -0.2) is 29.1 Å². The van der Waals surface area contributed by atoms with Gasteiger partial charge in [-0.05, 0) is 126 Å². The summed E-state index contributed by atoms with van der Waals surface area (Å²) < 4.78 is 24.2. The summed E-state index contributed by atoms with van der Waals surface area (Å²) in [6, 6.07) is 0. The van der Waals surface area contributed by atoms with Crippen LogP contribution < -0.4 is 0 Å². The maximum Gasteiger partial charge on any atom is 0.192 e. The predicted octanol–water partition coefficient (Wildman–Crippen LogP) is 8.88. The van der Waals surface area contributed by atoms with E-state index in [2.05, 4.69) is 60.7 Å². The Bertz CT molecular complexity index is 941. The van der Waals surface area contributed by atoms with E-state index >= 15 is 0 Å². The van der Waals surface area contributed by atoms with Gasteiger partial charge in [-0.25, -0.2) is 4.21 Å². The highest BCUT2D eigenvalue weighted by atomic mass is 32.2. The fourth-order valence-electron chi connectivity index (χ4n) is 8.34. The van der Waals surface area contributed by atoms with Crippen LogP contribution in [0.25, 0.3) is 0 Å². The van der Waals surface area contributed by atoms with Gasteiger partial charge in [0.2, 0.25) is 0 Å². The molecule has 8 atom stereocenters. The van der Waals surface area contributed by atoms with E-state index in [0.717, 1.165) is 29.9 Å². The van der Waals surface area contributed by atoms with Crippen LogP contribution in [-0.2, 0) is 15.4 Å². The summed E-state index contributed by atoms with van der Waals surface area (Å²) in [7, 11) is -2.90. The van der Waals surface area contributed by atoms with E-state index in [4.69, 9.17) is 8.82 Å². The Labute approximate surface area is 226 Å². The van der Waals surface area contributed by atoms with Gasteiger partial charge in [0.15, 0.2) is 8.32 Å². The van der Waals surface area contributed by atoms with Gasteiger partial charge < -0.3 is 4.43 Å². The summed E-state index contributed by atoms with van der Waals surface area (Å²) in [5.74, 6) is 2.86. The summed E-state index contributed by atoms with van der Waals surface area (Å²) >= 11 is 0. The first-order chi connectivity index (χ1) is 16.4. The third-order valence-electron chi connectivity index (χ3n) is 11.6. The van der Waals surface area contributed by atoms with Crippen LogP contribution in [0.15, 0.2) is 16.0 Å². The molecular weight excluding hydrogens is 478 g/mol. The molecule has 4 aliphatic rings. The summed E-state index contributed by atoms with van der Waals surface area (Å²) in [4.78, 5) is 0. The van der Waals surface area contributed by atoms with Crippen molar-refractivity contribution in [1.29, 1.82) is 0 Å². The molecule has 0 bridgehead atoms. The fourth-order valence-corrected chi connectivity index (χ4v) is 10.4. The van der Waals surface area contributed by atoms with E-state index in [1.165, 1.54) is 44.9 Å². The highest BCUT2D eigenvalue weighted by Gasteiger charge is 2.59. The van der Waals surface area contributed by atoms with Crippen molar-refractivity contribution in [3.8, 4) is 0 Å². The highest BCUT2D eigenvalue weighted by Crippen LogP contribution is 2.66. The molecule has 4 aliphatic carbocycles. The normalized spacial score (nSPS) is 40.7. The second-order valence-electron chi connectivity index (χ2n) is 15.8. The molecule has 0 unspecified atom stereocenters. The quantitative estimate of drug-likeness (QED) is 0.206. The van der Waals surface area contributed by atoms with Gasteiger partial charge >= 0.3 is 0 Å². The predicted molar refractivity (Wildman–Crippen MR) is 158 cm³/mol. The van der Waals surface area contributed by atoms with Crippen LogP contribution >= 0.6 is 0 Å². The summed E-state index contributed by atoms with van der Waals surface area (Å²) in [6.07, 6.45) is 13.2. The minimum atomic E-state index is -1.74. The Kier molecular flexibility index (Phi) is 7.53. The number of nitrogens with zero attached hydrogens (tertiary/aromatic N) is 1. The van der Waals surface area contributed by atoms with Gasteiger partial charge in [0.1, 0.15) is 11.0 Å². The van der Waals surface area contributed by atoms with Crippen molar-refractivity contribution in [3.05, 3.63) is 11.6 Å². The first-order valence-electron chi connectivity index (χ1n) is 14.7. The lowest BCUT2D eigenvalue weighted by molar-refractivity contribution is -0.0412. The van der Waals surface area contributed by atoms with Gasteiger partial charge in [-0.3, -0.25) is 0 Å². The molecule has 0 aromatic carbocycles. The van der Waals surface area contributed by atoms with Crippen LogP contribution in [0.4, 0.5) is 0 Å². The van der Waals surface area contributed by atoms with Crippen LogP contribution in [0.3, 0.4) is 0 Å². The zero-order valence-corrected chi connectivity index (χ0v) is 27.1. The molecule has 0 saturated heterocycles. The third-order valence-corrected chi connectivity index (χ3v) is 17.6. The molecular formula is C31H55NO2SSi. The second-order valence-corrected chi connectivity index (χ2v) is 22.4. The van der Waals surface area contributed by atoms with Crippen molar-refractivity contribution >= 4 is 25.0 Å². The van der Waals surface area contributed by atoms with E-state index in [9.17, 15) is 4.21 Å². The summed E-state index contributed by atoms with van der Waals surface area (Å²) in [5.41, 5.74) is 3.52. The standard InChI is InChI=1S/C31H55NO2SSi/c1-21(32-35(33)28(2,3)4)25-14-15-26-24-13-12-22-20-23(34-36(10,11)29(5,6)7)16-18-30(22,8)27(24)17-19-31(25,26)9/h12,23-27H,13-20H2,1-11H3/b32-21+/t23-,24-,25+,26-,27-,30-,31+,35-/m0/s1. The van der Waals surface area contributed by atoms with Crippen LogP contribution in [0.1, 0.15) is 114 Å². The molecule has 3 nitrogen and oxygen atoms in total. The second kappa shape index (κ2) is 9.43. The van der Waals surface area contributed by atoms with E-state index in [1.54, 1.807) is 5.57 Å². The Morgan fingerprint density at radius 2 is 1.69 bits per heavy atom. The molecule has 0 N–H and O–H groups in total. The van der Waals surface area contributed by atoms with E-state index in [0.29, 0.717) is 22.9 Å². The van der Waals surface area contributed by atoms with E-state index in [-0.39, 0.29) is 9.79 Å². The number of hydrogen-bond acceptors (Lipinski definition) is 2. The first kappa shape index (κ1) is 28.7. The van der Waals surface area contributed by atoms with Crippen molar-refractivity contribution in [1.82, 2.24) is 0 Å². The number of rotatable bonds is 4. The molecule has 0 aromatic heterocycles. The SMILES string of the molecule is C/C(=N\[S@@](=O)C(C)(C)C)[C@H]1CC[C@H]2[C@@H]3CC=C4C[C@@H](O[Si](C)(C)C(C)(C)C)CC[C@]4(C)[C@H]3CC[C@]12C. The van der Waals surface area contributed by atoms with Crippen molar-refractivity contribution < 1.29 is 8.63 Å². The molecule has 5 heteroatoms. The molecule has 0 radical (unpaired) electrons. The lowest BCUT2D eigenvalue weighted by Gasteiger charge is -2.58. The number of allylic oxidation sites excluding steroid dienone is 1. The number of fused-ring (bicyclic) bond motifs is 5. The maximum absolute atomic E-state index is 12.8. The molecule has 36 heavy (non-hydrogen) atoms. The Morgan fingerprint density at radius 3 is 2.31 bits per heavy atom. The Balaban J connectivity index is 1.52. The fraction of sp³-hybridized carbons (Fsp3) is 0.903. The van der Waals surface area contributed by atoms with Crippen LogP contribution in [0.2, 0.25) is 18.1 Å². The zero-order chi connectivity index (χ0) is 26.9. The van der Waals surface area contributed by atoms with Gasteiger partial charge in [-0.1, -0.05) is 46.3 Å². The molecule has 0 heterocycles. The molecule has 0 aliphatic heterocycles. The molecule has 3 fully saturated rings. The molecule has 3 saturated carbocycles. The maximum atomic E-state index is 12.8. The summed E-state index contributed by atoms with van der Waals surface area (Å²) in [6.45, 7) is 25.3. The van der Waals surface area contributed by atoms with Crippen molar-refractivity contribution in [2.45, 2.75) is 143 Å². The monoisotopic (exact) mass is 533 g/mol. The van der Waals surface area contributed by atoms with Crippen molar-refractivity contribution in [2.24, 2.45) is 38.9 Å². The topological polar surface area (TPSA) is 38.7 Å². The van der Waals surface area contributed by atoms with Gasteiger partial charge in [-0.2, -0.15) is 4.40 Å². The third kappa shape index (κ3) is 4.92. The van der Waals surface area contributed by atoms with E-state index < -0.39 is 19.3 Å². The van der Waals surface area contributed by atoms with Gasteiger partial charge in [0, 0.05) is 17.7 Å². The van der Waals surface area contributed by atoms with Crippen LogP contribution in [0.5, 0.6) is 0 Å². The average Bonchev–Trinajstić information content (AvgIpc) is 3.09. The zero-order valence-electron chi connectivity index (χ0n) is 25.3.